The van der Waals surface area contributed by atoms with E-state index in [4.69, 9.17) is 5.73 Å². The number of nitrogens with zero attached hydrogens (tertiary/aromatic N) is 1. The average Bonchev–Trinajstić information content (AvgIpc) is 2.40. The monoisotopic (exact) mass is 246 g/mol. The van der Waals surface area contributed by atoms with Crippen LogP contribution in [0.3, 0.4) is 0 Å². The van der Waals surface area contributed by atoms with Gasteiger partial charge in [0, 0.05) is 18.6 Å². The van der Waals surface area contributed by atoms with E-state index in [-0.39, 0.29) is 6.04 Å². The van der Waals surface area contributed by atoms with Crippen LogP contribution in [-0.2, 0) is 6.54 Å². The number of benzene rings is 1. The molecular weight excluding hydrogens is 220 g/mol. The lowest BCUT2D eigenvalue weighted by atomic mass is 9.99. The molecule has 2 nitrogen and oxygen atoms in total. The van der Waals surface area contributed by atoms with E-state index in [0.29, 0.717) is 0 Å². The smallest absolute Gasteiger partial charge is 0.0266 e. The van der Waals surface area contributed by atoms with Gasteiger partial charge < -0.3 is 5.73 Å². The second-order valence-corrected chi connectivity index (χ2v) is 5.56. The maximum Gasteiger partial charge on any atom is 0.0266 e. The number of hydrogen-bond donors (Lipinski definition) is 1. The molecule has 0 amide bonds. The van der Waals surface area contributed by atoms with Gasteiger partial charge in [-0.2, -0.15) is 0 Å². The van der Waals surface area contributed by atoms with Crippen LogP contribution in [0.1, 0.15) is 56.7 Å². The van der Waals surface area contributed by atoms with Crippen LogP contribution in [0, 0.1) is 0 Å². The Morgan fingerprint density at radius 2 is 2.00 bits per heavy atom. The summed E-state index contributed by atoms with van der Waals surface area (Å²) in [5.74, 6) is 0. The summed E-state index contributed by atoms with van der Waals surface area (Å²) in [6.07, 6.45) is 5.40. The van der Waals surface area contributed by atoms with Gasteiger partial charge in [-0.25, -0.2) is 0 Å². The maximum absolute atomic E-state index is 5.88. The predicted molar refractivity (Wildman–Crippen MR) is 77.4 cm³/mol. The Morgan fingerprint density at radius 3 is 2.61 bits per heavy atom. The topological polar surface area (TPSA) is 29.3 Å². The van der Waals surface area contributed by atoms with E-state index in [1.54, 1.807) is 0 Å². The molecule has 0 aliphatic carbocycles. The van der Waals surface area contributed by atoms with E-state index < -0.39 is 0 Å². The molecule has 1 saturated heterocycles. The van der Waals surface area contributed by atoms with Gasteiger partial charge in [-0.05, 0) is 43.9 Å². The molecule has 1 aliphatic heterocycles. The fourth-order valence-corrected chi connectivity index (χ4v) is 2.89. The highest BCUT2D eigenvalue weighted by atomic mass is 15.2. The van der Waals surface area contributed by atoms with Crippen LogP contribution in [0.5, 0.6) is 0 Å². The van der Waals surface area contributed by atoms with Crippen molar-refractivity contribution in [2.24, 2.45) is 5.73 Å². The summed E-state index contributed by atoms with van der Waals surface area (Å²) < 4.78 is 0. The number of piperidine rings is 1. The first-order valence-corrected chi connectivity index (χ1v) is 7.29. The molecule has 0 spiro atoms. The second-order valence-electron chi connectivity index (χ2n) is 5.56. The zero-order valence-corrected chi connectivity index (χ0v) is 11.7. The Bertz CT molecular complexity index is 356. The fraction of sp³-hybridized carbons (Fsp3) is 0.625. The highest BCUT2D eigenvalue weighted by Crippen LogP contribution is 2.22. The Kier molecular flexibility index (Phi) is 4.79. The van der Waals surface area contributed by atoms with E-state index in [2.05, 4.69) is 36.1 Å². The zero-order chi connectivity index (χ0) is 13.0. The van der Waals surface area contributed by atoms with Crippen LogP contribution < -0.4 is 5.73 Å². The molecule has 1 heterocycles. The van der Waals surface area contributed by atoms with E-state index >= 15 is 0 Å². The first-order chi connectivity index (χ1) is 8.70. The van der Waals surface area contributed by atoms with Crippen molar-refractivity contribution in [2.45, 2.75) is 58.2 Å². The average molecular weight is 246 g/mol. The quantitative estimate of drug-likeness (QED) is 0.881. The summed E-state index contributed by atoms with van der Waals surface area (Å²) >= 11 is 0. The van der Waals surface area contributed by atoms with Crippen LogP contribution in [0.25, 0.3) is 0 Å². The minimum atomic E-state index is 0.137. The molecule has 18 heavy (non-hydrogen) atoms. The molecule has 2 heteroatoms. The first-order valence-electron chi connectivity index (χ1n) is 7.29. The van der Waals surface area contributed by atoms with Crippen molar-refractivity contribution in [3.63, 3.8) is 0 Å². The van der Waals surface area contributed by atoms with E-state index in [1.807, 2.05) is 6.92 Å². The SMILES string of the molecule is CCC1CCCCN1Cc1ccc(C(C)N)cc1. The third-order valence-electron chi connectivity index (χ3n) is 4.11. The van der Waals surface area contributed by atoms with Gasteiger partial charge in [0.2, 0.25) is 0 Å². The van der Waals surface area contributed by atoms with Gasteiger partial charge in [0.25, 0.3) is 0 Å². The lowest BCUT2D eigenvalue weighted by Gasteiger charge is -2.35. The summed E-state index contributed by atoms with van der Waals surface area (Å²) in [6, 6.07) is 9.74. The minimum absolute atomic E-state index is 0.137. The molecule has 1 aromatic carbocycles. The van der Waals surface area contributed by atoms with Crippen LogP contribution >= 0.6 is 0 Å². The van der Waals surface area contributed by atoms with Crippen molar-refractivity contribution >= 4 is 0 Å². The Hall–Kier alpha value is -0.860. The molecule has 0 saturated carbocycles. The standard InChI is InChI=1S/C16H26N2/c1-3-16-6-4-5-11-18(16)12-14-7-9-15(10-8-14)13(2)17/h7-10,13,16H,3-6,11-12,17H2,1-2H3. The summed E-state index contributed by atoms with van der Waals surface area (Å²) in [5, 5.41) is 0. The van der Waals surface area contributed by atoms with Gasteiger partial charge in [-0.15, -0.1) is 0 Å². The lowest BCUT2D eigenvalue weighted by molar-refractivity contribution is 0.136. The van der Waals surface area contributed by atoms with Crippen molar-refractivity contribution in [1.29, 1.82) is 0 Å². The lowest BCUT2D eigenvalue weighted by Crippen LogP contribution is -2.38. The third-order valence-corrected chi connectivity index (χ3v) is 4.11. The first kappa shape index (κ1) is 13.6. The fourth-order valence-electron chi connectivity index (χ4n) is 2.89. The second kappa shape index (κ2) is 6.35. The molecule has 0 aromatic heterocycles. The molecule has 0 bridgehead atoms. The van der Waals surface area contributed by atoms with Gasteiger partial charge in [-0.1, -0.05) is 37.6 Å². The van der Waals surface area contributed by atoms with Crippen molar-refractivity contribution in [3.05, 3.63) is 35.4 Å². The number of rotatable bonds is 4. The van der Waals surface area contributed by atoms with Gasteiger partial charge in [-0.3, -0.25) is 4.90 Å². The van der Waals surface area contributed by atoms with Gasteiger partial charge in [0.1, 0.15) is 0 Å². The highest BCUT2D eigenvalue weighted by Gasteiger charge is 2.20. The van der Waals surface area contributed by atoms with Crippen LogP contribution in [0.2, 0.25) is 0 Å². The Balaban J connectivity index is 1.99. The molecular formula is C16H26N2. The van der Waals surface area contributed by atoms with Crippen molar-refractivity contribution < 1.29 is 0 Å². The molecule has 0 radical (unpaired) electrons. The van der Waals surface area contributed by atoms with E-state index in [9.17, 15) is 0 Å². The normalized spacial score (nSPS) is 22.9. The molecule has 1 aromatic rings. The molecule has 1 fully saturated rings. The highest BCUT2D eigenvalue weighted by molar-refractivity contribution is 5.24. The summed E-state index contributed by atoms with van der Waals surface area (Å²) in [5.41, 5.74) is 8.52. The summed E-state index contributed by atoms with van der Waals surface area (Å²) in [6.45, 7) is 6.69. The summed E-state index contributed by atoms with van der Waals surface area (Å²) in [4.78, 5) is 2.64. The zero-order valence-electron chi connectivity index (χ0n) is 11.7. The number of nitrogens with two attached hydrogens (primary N) is 1. The third kappa shape index (κ3) is 3.33. The summed E-state index contributed by atoms with van der Waals surface area (Å²) in [7, 11) is 0. The van der Waals surface area contributed by atoms with Gasteiger partial charge >= 0.3 is 0 Å². The van der Waals surface area contributed by atoms with Crippen LogP contribution in [0.15, 0.2) is 24.3 Å². The van der Waals surface area contributed by atoms with Crippen molar-refractivity contribution in [2.75, 3.05) is 6.54 Å². The van der Waals surface area contributed by atoms with E-state index in [0.717, 1.165) is 12.6 Å². The van der Waals surface area contributed by atoms with Gasteiger partial charge in [0.05, 0.1) is 0 Å². The van der Waals surface area contributed by atoms with Crippen LogP contribution in [0.4, 0.5) is 0 Å². The Labute approximate surface area is 111 Å². The number of hydrogen-bond acceptors (Lipinski definition) is 2. The molecule has 2 N–H and O–H groups in total. The van der Waals surface area contributed by atoms with Crippen molar-refractivity contribution in [1.82, 2.24) is 4.90 Å². The maximum atomic E-state index is 5.88. The van der Waals surface area contributed by atoms with Gasteiger partial charge in [0.15, 0.2) is 0 Å². The van der Waals surface area contributed by atoms with E-state index in [1.165, 1.54) is 43.4 Å². The molecule has 2 atom stereocenters. The minimum Gasteiger partial charge on any atom is -0.324 e. The predicted octanol–water partition coefficient (Wildman–Crippen LogP) is 3.47. The largest absolute Gasteiger partial charge is 0.324 e. The van der Waals surface area contributed by atoms with Crippen LogP contribution in [-0.4, -0.2) is 17.5 Å². The van der Waals surface area contributed by atoms with Crippen molar-refractivity contribution in [3.8, 4) is 0 Å². The molecule has 100 valence electrons. The molecule has 2 rings (SSSR count). The molecule has 2 unspecified atom stereocenters. The number of likely N-dealkylation sites (tertiary alicyclic amines) is 1. The Morgan fingerprint density at radius 1 is 1.28 bits per heavy atom. The molecule has 1 aliphatic rings.